The van der Waals surface area contributed by atoms with Crippen molar-refractivity contribution in [2.24, 2.45) is 11.5 Å². The lowest BCUT2D eigenvalue weighted by Gasteiger charge is -2.21. The molecule has 0 aliphatic carbocycles. The van der Waals surface area contributed by atoms with Gasteiger partial charge in [-0.15, -0.1) is 0 Å². The van der Waals surface area contributed by atoms with Crippen LogP contribution in [0.3, 0.4) is 0 Å². The van der Waals surface area contributed by atoms with Gasteiger partial charge in [-0.25, -0.2) is 4.79 Å². The van der Waals surface area contributed by atoms with Gasteiger partial charge in [-0.05, 0) is 0 Å². The molecule has 114 valence electrons. The molecule has 0 aromatic heterocycles. The van der Waals surface area contributed by atoms with E-state index < -0.39 is 12.1 Å². The largest absolute Gasteiger partial charge is 1.00 e. The summed E-state index contributed by atoms with van der Waals surface area (Å²) in [5.74, 6) is 0. The normalized spacial score (nSPS) is 9.33. The van der Waals surface area contributed by atoms with E-state index in [1.165, 1.54) is 0 Å². The fourth-order valence-corrected chi connectivity index (χ4v) is 0.358. The zero-order valence-corrected chi connectivity index (χ0v) is 11.8. The van der Waals surface area contributed by atoms with E-state index in [1.807, 2.05) is 0 Å². The molecule has 0 aliphatic heterocycles. The van der Waals surface area contributed by atoms with Crippen molar-refractivity contribution < 1.29 is 42.1 Å². The number of likely N-dealkylation sites (N-methyl/N-ethyl adjacent to an activating group) is 1. The van der Waals surface area contributed by atoms with Crippen molar-refractivity contribution in [1.29, 1.82) is 0 Å². The third-order valence-corrected chi connectivity index (χ3v) is 1.19. The highest BCUT2D eigenvalue weighted by Gasteiger charge is 2.02. The average molecular weight is 292 g/mol. The molecule has 0 rings (SSSR count). The maximum atomic E-state index is 9.00. The monoisotopic (exact) mass is 291 g/mol. The predicted molar refractivity (Wildman–Crippen MR) is 63.9 cm³/mol. The molecule has 0 aromatic rings. The van der Waals surface area contributed by atoms with Crippen LogP contribution >= 0.6 is 0 Å². The van der Waals surface area contributed by atoms with Crippen LogP contribution in [0.25, 0.3) is 0 Å². The van der Waals surface area contributed by atoms with Gasteiger partial charge in [0.25, 0.3) is 0 Å². The number of carbonyl (C=O) groups excluding carboxylic acids is 1. The molecule has 8 N–H and O–H groups in total. The first kappa shape index (κ1) is 26.0. The van der Waals surface area contributed by atoms with Crippen LogP contribution in [-0.4, -0.2) is 84.6 Å². The number of urea groups is 1. The number of aliphatic hydroxyl groups is 4. The second-order valence-electron chi connectivity index (χ2n) is 4.16. The van der Waals surface area contributed by atoms with E-state index in [-0.39, 0.29) is 32.2 Å². The Hall–Kier alpha value is -0.640. The summed E-state index contributed by atoms with van der Waals surface area (Å²) in [6, 6.07) is -0.833. The molecule has 0 saturated carbocycles. The number of halogens is 1. The number of hydrogen-bond donors (Lipinski definition) is 6. The van der Waals surface area contributed by atoms with E-state index >= 15 is 0 Å². The van der Waals surface area contributed by atoms with Crippen LogP contribution in [0.2, 0.25) is 0 Å². The minimum Gasteiger partial charge on any atom is -1.00 e. The van der Waals surface area contributed by atoms with E-state index in [1.54, 1.807) is 0 Å². The highest BCUT2D eigenvalue weighted by Crippen LogP contribution is 1.84. The quantitative estimate of drug-likeness (QED) is 0.285. The van der Waals surface area contributed by atoms with Crippen LogP contribution < -0.4 is 23.9 Å². The number of hydrogen-bond acceptors (Lipinski definition) is 5. The van der Waals surface area contributed by atoms with Crippen molar-refractivity contribution in [1.82, 2.24) is 0 Å². The summed E-state index contributed by atoms with van der Waals surface area (Å²) in [4.78, 5) is 9.00. The Morgan fingerprint density at radius 3 is 1.39 bits per heavy atom. The zero-order chi connectivity index (χ0) is 14.5. The number of quaternary nitrogens is 1. The molecule has 0 atom stereocenters. The molecule has 18 heavy (non-hydrogen) atoms. The number of primary amides is 2. The van der Waals surface area contributed by atoms with Gasteiger partial charge < -0.3 is 48.8 Å². The highest BCUT2D eigenvalue weighted by atomic mass is 35.5. The Balaban J connectivity index is -0.0000000823. The summed E-state index contributed by atoms with van der Waals surface area (Å²) < 4.78 is 0.844. The van der Waals surface area contributed by atoms with Crippen LogP contribution in [0, 0.1) is 0 Å². The van der Waals surface area contributed by atoms with Gasteiger partial charge in [0.2, 0.25) is 0 Å². The van der Waals surface area contributed by atoms with E-state index in [0.717, 1.165) is 11.0 Å². The molecule has 0 spiro atoms. The molecule has 0 aromatic carbocycles. The smallest absolute Gasteiger partial charge is 0.309 e. The van der Waals surface area contributed by atoms with E-state index in [2.05, 4.69) is 32.6 Å². The van der Waals surface area contributed by atoms with Crippen molar-refractivity contribution in [2.75, 3.05) is 47.5 Å². The van der Waals surface area contributed by atoms with Crippen molar-refractivity contribution in [3.63, 3.8) is 0 Å². The molecule has 0 heterocycles. The Kier molecular flexibility index (Phi) is 23.7. The third kappa shape index (κ3) is 58.5. The number of nitrogens with two attached hydrogens (primary N) is 2. The topological polar surface area (TPSA) is 150 Å². The maximum Gasteiger partial charge on any atom is 0.309 e. The van der Waals surface area contributed by atoms with E-state index in [0.29, 0.717) is 0 Å². The van der Waals surface area contributed by atoms with Gasteiger partial charge in [0.05, 0.1) is 41.0 Å². The number of rotatable bonds is 4. The van der Waals surface area contributed by atoms with E-state index in [4.69, 9.17) is 25.2 Å². The molecule has 9 heteroatoms. The molecular weight excluding hydrogens is 266 g/mol. The molecule has 2 amide bonds. The SMILES string of the molecule is C[N+](C)(C)CCO.NC(N)=O.OCC(O)CO.[Cl-]. The second-order valence-corrected chi connectivity index (χ2v) is 4.16. The zero-order valence-electron chi connectivity index (χ0n) is 11.1. The lowest BCUT2D eigenvalue weighted by atomic mass is 10.4. The lowest BCUT2D eigenvalue weighted by Crippen LogP contribution is -3.00. The summed E-state index contributed by atoms with van der Waals surface area (Å²) in [7, 11) is 6.16. The standard InChI is InChI=1S/C5H14NO.C3H8O3.CH4N2O.ClH/c1-6(2,3)4-5-7;4-1-3(6)2-5;2-1(3)4;/h7H,4-5H2,1-3H3;3-6H,1-2H2;(H4,2,3,4);1H/q+1;;;/p-1. The number of aliphatic hydroxyl groups excluding tert-OH is 4. The van der Waals surface area contributed by atoms with E-state index in [9.17, 15) is 0 Å². The van der Waals surface area contributed by atoms with Crippen molar-refractivity contribution in [3.8, 4) is 0 Å². The number of amides is 2. The van der Waals surface area contributed by atoms with Crippen molar-refractivity contribution in [2.45, 2.75) is 6.10 Å². The molecule has 0 fully saturated rings. The summed E-state index contributed by atoms with van der Waals surface area (Å²) in [6.45, 7) is 0.385. The van der Waals surface area contributed by atoms with Crippen molar-refractivity contribution in [3.05, 3.63) is 0 Å². The maximum absolute atomic E-state index is 9.00. The van der Waals surface area contributed by atoms with Gasteiger partial charge >= 0.3 is 6.03 Å². The number of carbonyl (C=O) groups is 1. The van der Waals surface area contributed by atoms with Crippen molar-refractivity contribution >= 4 is 6.03 Å². The molecule has 0 aliphatic rings. The van der Waals surface area contributed by atoms with Crippen LogP contribution in [0.4, 0.5) is 4.79 Å². The van der Waals surface area contributed by atoms with Crippen LogP contribution in [0.15, 0.2) is 0 Å². The van der Waals surface area contributed by atoms with Gasteiger partial charge in [0.15, 0.2) is 0 Å². The first-order valence-electron chi connectivity index (χ1n) is 4.96. The van der Waals surface area contributed by atoms with Gasteiger partial charge in [-0.1, -0.05) is 0 Å². The first-order chi connectivity index (χ1) is 7.60. The Morgan fingerprint density at radius 1 is 1.11 bits per heavy atom. The minimum atomic E-state index is -0.954. The Labute approximate surface area is 114 Å². The second kappa shape index (κ2) is 16.4. The first-order valence-corrected chi connectivity index (χ1v) is 4.96. The summed E-state index contributed by atoms with van der Waals surface area (Å²) >= 11 is 0. The highest BCUT2D eigenvalue weighted by molar-refractivity contribution is 5.69. The van der Waals surface area contributed by atoms with Gasteiger partial charge in [0, 0.05) is 0 Å². The minimum absolute atomic E-state index is 0. The average Bonchev–Trinajstić information content (AvgIpc) is 2.14. The fourth-order valence-electron chi connectivity index (χ4n) is 0.358. The number of nitrogens with zero attached hydrogens (tertiary/aromatic N) is 1. The van der Waals surface area contributed by atoms with Gasteiger partial charge in [-0.2, -0.15) is 0 Å². The molecule has 8 nitrogen and oxygen atoms in total. The molecule has 0 radical (unpaired) electrons. The molecule has 0 saturated heterocycles. The van der Waals surface area contributed by atoms with Gasteiger partial charge in [-0.3, -0.25) is 0 Å². The van der Waals surface area contributed by atoms with Crippen LogP contribution in [-0.2, 0) is 0 Å². The van der Waals surface area contributed by atoms with Gasteiger partial charge in [0.1, 0.15) is 12.6 Å². The molecule has 0 unspecified atom stereocenters. The lowest BCUT2D eigenvalue weighted by molar-refractivity contribution is -0.870. The van der Waals surface area contributed by atoms with Crippen LogP contribution in [0.5, 0.6) is 0 Å². The third-order valence-electron chi connectivity index (χ3n) is 1.19. The molecule has 0 bridgehead atoms. The summed E-state index contributed by atoms with van der Waals surface area (Å²) in [5.41, 5.74) is 8.50. The Bertz CT molecular complexity index is 170. The Morgan fingerprint density at radius 2 is 1.39 bits per heavy atom. The molecular formula is C9H26ClN3O5. The predicted octanol–water partition coefficient (Wildman–Crippen LogP) is -5.96. The summed E-state index contributed by atoms with van der Waals surface area (Å²) in [6.07, 6.45) is -0.954. The summed E-state index contributed by atoms with van der Waals surface area (Å²) in [5, 5.41) is 32.4. The fraction of sp³-hybridized carbons (Fsp3) is 0.889. The van der Waals surface area contributed by atoms with Crippen LogP contribution in [0.1, 0.15) is 0 Å².